The van der Waals surface area contributed by atoms with E-state index < -0.39 is 19.9 Å². The molecular weight excluding hydrogens is 350 g/mol. The van der Waals surface area contributed by atoms with Crippen molar-refractivity contribution in [3.8, 4) is 0 Å². The minimum atomic E-state index is -4.06. The third-order valence-corrected chi connectivity index (χ3v) is 5.91. The van der Waals surface area contributed by atoms with E-state index in [0.717, 1.165) is 10.4 Å². The van der Waals surface area contributed by atoms with Crippen LogP contribution in [-0.4, -0.2) is 24.8 Å². The van der Waals surface area contributed by atoms with E-state index in [1.165, 1.54) is 37.3 Å². The summed E-state index contributed by atoms with van der Waals surface area (Å²) in [6.45, 7) is 1.64. The third kappa shape index (κ3) is 2.80. The summed E-state index contributed by atoms with van der Waals surface area (Å²) in [4.78, 5) is 20.6. The summed E-state index contributed by atoms with van der Waals surface area (Å²) in [5.74, 6) is 0. The second kappa shape index (κ2) is 5.81. The number of sulfonamides is 1. The van der Waals surface area contributed by atoms with Crippen LogP contribution < -0.4 is 4.31 Å². The highest BCUT2D eigenvalue weighted by Crippen LogP contribution is 2.36. The van der Waals surface area contributed by atoms with Gasteiger partial charge in [-0.2, -0.15) is 0 Å². The zero-order valence-electron chi connectivity index (χ0n) is 13.1. The van der Waals surface area contributed by atoms with Gasteiger partial charge < -0.3 is 0 Å². The molecular formula is C15H13N3O6S. The standard InChI is InChI=1S/C15H13N3O6S/c1-10-2-5-13(9-14(10)18(21)22)25(23,24)16-7-6-11-3-4-12(17(19)20)8-15(11)16/h2-5,8-9H,6-7H2,1H3. The molecule has 0 atom stereocenters. The number of hydrogen-bond acceptors (Lipinski definition) is 6. The maximum Gasteiger partial charge on any atom is 0.273 e. The lowest BCUT2D eigenvalue weighted by atomic mass is 10.1. The van der Waals surface area contributed by atoms with E-state index in [0.29, 0.717) is 17.5 Å². The summed E-state index contributed by atoms with van der Waals surface area (Å²) in [7, 11) is -4.06. The normalized spacial score (nSPS) is 13.6. The number of aryl methyl sites for hydroxylation is 1. The van der Waals surface area contributed by atoms with Crippen LogP contribution >= 0.6 is 0 Å². The van der Waals surface area contributed by atoms with Crippen LogP contribution in [0.3, 0.4) is 0 Å². The molecule has 0 saturated carbocycles. The minimum Gasteiger partial charge on any atom is -0.265 e. The number of nitro groups is 2. The first-order valence-corrected chi connectivity index (χ1v) is 8.71. The molecule has 3 rings (SSSR count). The molecule has 0 aliphatic carbocycles. The average Bonchev–Trinajstić information content (AvgIpc) is 2.98. The van der Waals surface area contributed by atoms with Gasteiger partial charge in [0.25, 0.3) is 21.4 Å². The molecule has 10 heteroatoms. The fraction of sp³-hybridized carbons (Fsp3) is 0.200. The summed E-state index contributed by atoms with van der Waals surface area (Å²) in [5, 5.41) is 22.0. The first kappa shape index (κ1) is 16.8. The largest absolute Gasteiger partial charge is 0.273 e. The van der Waals surface area contributed by atoms with Gasteiger partial charge in [0.2, 0.25) is 0 Å². The molecule has 25 heavy (non-hydrogen) atoms. The topological polar surface area (TPSA) is 124 Å². The van der Waals surface area contributed by atoms with Gasteiger partial charge in [0.15, 0.2) is 0 Å². The molecule has 0 N–H and O–H groups in total. The van der Waals surface area contributed by atoms with E-state index in [-0.39, 0.29) is 28.5 Å². The lowest BCUT2D eigenvalue weighted by Crippen LogP contribution is -2.29. The molecule has 0 bridgehead atoms. The highest BCUT2D eigenvalue weighted by atomic mass is 32.2. The Hall–Kier alpha value is -3.01. The lowest BCUT2D eigenvalue weighted by molar-refractivity contribution is -0.385. The van der Waals surface area contributed by atoms with E-state index in [9.17, 15) is 28.6 Å². The molecule has 0 radical (unpaired) electrons. The number of hydrogen-bond donors (Lipinski definition) is 0. The number of nitro benzene ring substituents is 2. The SMILES string of the molecule is Cc1ccc(S(=O)(=O)N2CCc3ccc([N+](=O)[O-])cc32)cc1[N+](=O)[O-]. The Kier molecular flexibility index (Phi) is 3.91. The maximum absolute atomic E-state index is 12.9. The first-order valence-electron chi connectivity index (χ1n) is 7.27. The van der Waals surface area contributed by atoms with Gasteiger partial charge in [0.1, 0.15) is 0 Å². The van der Waals surface area contributed by atoms with Gasteiger partial charge in [-0.3, -0.25) is 24.5 Å². The van der Waals surface area contributed by atoms with Crippen molar-refractivity contribution in [3.63, 3.8) is 0 Å². The van der Waals surface area contributed by atoms with Crippen LogP contribution in [0, 0.1) is 27.2 Å². The van der Waals surface area contributed by atoms with E-state index in [4.69, 9.17) is 0 Å². The van der Waals surface area contributed by atoms with Gasteiger partial charge in [-0.1, -0.05) is 12.1 Å². The molecule has 0 amide bonds. The Morgan fingerprint density at radius 2 is 1.76 bits per heavy atom. The summed E-state index contributed by atoms with van der Waals surface area (Å²) >= 11 is 0. The van der Waals surface area contributed by atoms with Crippen molar-refractivity contribution in [2.45, 2.75) is 18.2 Å². The molecule has 0 saturated heterocycles. The predicted octanol–water partition coefficient (Wildman–Crippen LogP) is 2.56. The number of nitrogens with zero attached hydrogens (tertiary/aromatic N) is 3. The van der Waals surface area contributed by atoms with Crippen molar-refractivity contribution in [2.75, 3.05) is 10.8 Å². The van der Waals surface area contributed by atoms with Gasteiger partial charge >= 0.3 is 0 Å². The Bertz CT molecular complexity index is 1000. The Morgan fingerprint density at radius 3 is 2.40 bits per heavy atom. The van der Waals surface area contributed by atoms with Crippen LogP contribution in [0.1, 0.15) is 11.1 Å². The van der Waals surface area contributed by atoms with Crippen LogP contribution in [0.15, 0.2) is 41.3 Å². The number of rotatable bonds is 4. The van der Waals surface area contributed by atoms with Crippen molar-refractivity contribution in [3.05, 3.63) is 67.8 Å². The van der Waals surface area contributed by atoms with Gasteiger partial charge in [0.05, 0.1) is 20.4 Å². The highest BCUT2D eigenvalue weighted by molar-refractivity contribution is 7.92. The highest BCUT2D eigenvalue weighted by Gasteiger charge is 2.33. The monoisotopic (exact) mass is 363 g/mol. The smallest absolute Gasteiger partial charge is 0.265 e. The van der Waals surface area contributed by atoms with Crippen molar-refractivity contribution >= 4 is 27.1 Å². The molecule has 0 spiro atoms. The van der Waals surface area contributed by atoms with Crippen molar-refractivity contribution < 1.29 is 18.3 Å². The van der Waals surface area contributed by atoms with Crippen LogP contribution in [0.5, 0.6) is 0 Å². The van der Waals surface area contributed by atoms with Gasteiger partial charge in [-0.25, -0.2) is 8.42 Å². The first-order chi connectivity index (χ1) is 11.7. The molecule has 1 aliphatic rings. The predicted molar refractivity (Wildman–Crippen MR) is 89.2 cm³/mol. The fourth-order valence-corrected chi connectivity index (χ4v) is 4.29. The molecule has 1 aliphatic heterocycles. The number of benzene rings is 2. The van der Waals surface area contributed by atoms with Crippen molar-refractivity contribution in [2.24, 2.45) is 0 Å². The van der Waals surface area contributed by atoms with Crippen LogP contribution in [0.25, 0.3) is 0 Å². The number of non-ortho nitro benzene ring substituents is 1. The second-order valence-electron chi connectivity index (χ2n) is 5.60. The minimum absolute atomic E-state index is 0.126. The molecule has 0 fully saturated rings. The Morgan fingerprint density at radius 1 is 1.04 bits per heavy atom. The summed E-state index contributed by atoms with van der Waals surface area (Å²) < 4.78 is 26.9. The molecule has 130 valence electrons. The second-order valence-corrected chi connectivity index (χ2v) is 7.47. The summed E-state index contributed by atoms with van der Waals surface area (Å²) in [5.41, 5.74) is 0.755. The van der Waals surface area contributed by atoms with Gasteiger partial charge in [-0.15, -0.1) is 0 Å². The Balaban J connectivity index is 2.09. The molecule has 1 heterocycles. The maximum atomic E-state index is 12.9. The fourth-order valence-electron chi connectivity index (χ4n) is 2.78. The zero-order valence-corrected chi connectivity index (χ0v) is 13.9. The van der Waals surface area contributed by atoms with Crippen LogP contribution in [0.2, 0.25) is 0 Å². The van der Waals surface area contributed by atoms with Crippen molar-refractivity contribution in [1.29, 1.82) is 0 Å². The third-order valence-electron chi connectivity index (χ3n) is 4.10. The average molecular weight is 363 g/mol. The summed E-state index contributed by atoms with van der Waals surface area (Å²) in [6.07, 6.45) is 0.417. The summed E-state index contributed by atoms with van der Waals surface area (Å²) in [6, 6.07) is 7.75. The molecule has 0 unspecified atom stereocenters. The van der Waals surface area contributed by atoms with Crippen LogP contribution in [-0.2, 0) is 16.4 Å². The van der Waals surface area contributed by atoms with E-state index in [1.807, 2.05) is 0 Å². The van der Waals surface area contributed by atoms with Crippen LogP contribution in [0.4, 0.5) is 17.1 Å². The molecule has 2 aromatic rings. The van der Waals surface area contributed by atoms with E-state index in [2.05, 4.69) is 0 Å². The molecule has 0 aromatic heterocycles. The van der Waals surface area contributed by atoms with E-state index >= 15 is 0 Å². The quantitative estimate of drug-likeness (QED) is 0.607. The van der Waals surface area contributed by atoms with E-state index in [1.54, 1.807) is 0 Å². The lowest BCUT2D eigenvalue weighted by Gasteiger charge is -2.19. The Labute approximate surface area is 142 Å². The van der Waals surface area contributed by atoms with Crippen molar-refractivity contribution in [1.82, 2.24) is 0 Å². The number of fused-ring (bicyclic) bond motifs is 1. The zero-order chi connectivity index (χ0) is 18.4. The number of anilines is 1. The molecule has 2 aromatic carbocycles. The van der Waals surface area contributed by atoms with Gasteiger partial charge in [-0.05, 0) is 25.0 Å². The van der Waals surface area contributed by atoms with Gasteiger partial charge in [0, 0.05) is 30.3 Å². The molecule has 9 nitrogen and oxygen atoms in total.